The van der Waals surface area contributed by atoms with Crippen molar-refractivity contribution in [1.29, 1.82) is 0 Å². The molecule has 2 heterocycles. The standard InChI is InChI=1S/C10H16N4O/c1-2-8-12-9(5-10(15)13-8)14-4-3-7(14)6-11/h5,7H,2-4,6,11H2,1H3,(H,12,13,15). The molecule has 5 heteroatoms. The van der Waals surface area contributed by atoms with Crippen LogP contribution >= 0.6 is 0 Å². The minimum atomic E-state index is -0.0838. The van der Waals surface area contributed by atoms with Gasteiger partial charge < -0.3 is 15.6 Å². The second-order valence-electron chi connectivity index (χ2n) is 3.78. The summed E-state index contributed by atoms with van der Waals surface area (Å²) in [5, 5.41) is 0. The molecule has 1 aliphatic heterocycles. The van der Waals surface area contributed by atoms with Gasteiger partial charge in [-0.05, 0) is 6.42 Å². The van der Waals surface area contributed by atoms with Crippen LogP contribution in [0.1, 0.15) is 19.2 Å². The summed E-state index contributed by atoms with van der Waals surface area (Å²) in [6.07, 6.45) is 1.83. The minimum absolute atomic E-state index is 0.0838. The maximum atomic E-state index is 11.4. The van der Waals surface area contributed by atoms with Crippen molar-refractivity contribution in [3.63, 3.8) is 0 Å². The van der Waals surface area contributed by atoms with Crippen molar-refractivity contribution in [2.45, 2.75) is 25.8 Å². The molecule has 82 valence electrons. The van der Waals surface area contributed by atoms with Gasteiger partial charge in [-0.15, -0.1) is 0 Å². The Bertz CT molecular complexity index is 399. The summed E-state index contributed by atoms with van der Waals surface area (Å²) < 4.78 is 0. The van der Waals surface area contributed by atoms with E-state index in [-0.39, 0.29) is 5.56 Å². The van der Waals surface area contributed by atoms with Crippen LogP contribution in [0, 0.1) is 0 Å². The highest BCUT2D eigenvalue weighted by Gasteiger charge is 2.27. The largest absolute Gasteiger partial charge is 0.352 e. The first-order chi connectivity index (χ1) is 7.24. The number of rotatable bonds is 3. The number of hydrogen-bond donors (Lipinski definition) is 2. The third kappa shape index (κ3) is 1.87. The van der Waals surface area contributed by atoms with Crippen LogP contribution in [0.4, 0.5) is 5.82 Å². The van der Waals surface area contributed by atoms with Crippen molar-refractivity contribution in [3.05, 3.63) is 22.2 Å². The lowest BCUT2D eigenvalue weighted by Gasteiger charge is -2.41. The van der Waals surface area contributed by atoms with Crippen molar-refractivity contribution in [3.8, 4) is 0 Å². The average molecular weight is 208 g/mol. The predicted molar refractivity (Wildman–Crippen MR) is 59.0 cm³/mol. The molecule has 3 N–H and O–H groups in total. The molecule has 1 saturated heterocycles. The Morgan fingerprint density at radius 2 is 2.53 bits per heavy atom. The molecule has 5 nitrogen and oxygen atoms in total. The third-order valence-electron chi connectivity index (χ3n) is 2.82. The molecule has 0 saturated carbocycles. The molecule has 1 aromatic rings. The van der Waals surface area contributed by atoms with Crippen LogP contribution in [0.15, 0.2) is 10.9 Å². The van der Waals surface area contributed by atoms with Crippen molar-refractivity contribution in [1.82, 2.24) is 9.97 Å². The fourth-order valence-corrected chi connectivity index (χ4v) is 1.80. The molecule has 1 aromatic heterocycles. The second-order valence-corrected chi connectivity index (χ2v) is 3.78. The summed E-state index contributed by atoms with van der Waals surface area (Å²) in [5.41, 5.74) is 5.53. The van der Waals surface area contributed by atoms with Gasteiger partial charge in [0.15, 0.2) is 0 Å². The van der Waals surface area contributed by atoms with Gasteiger partial charge in [-0.2, -0.15) is 0 Å². The lowest BCUT2D eigenvalue weighted by Crippen LogP contribution is -2.52. The first kappa shape index (κ1) is 10.2. The maximum absolute atomic E-state index is 11.4. The predicted octanol–water partition coefficient (Wildman–Crippen LogP) is -0.130. The number of hydrogen-bond acceptors (Lipinski definition) is 4. The van der Waals surface area contributed by atoms with E-state index < -0.39 is 0 Å². The average Bonchev–Trinajstić information content (AvgIpc) is 2.16. The first-order valence-electron chi connectivity index (χ1n) is 5.31. The van der Waals surface area contributed by atoms with Crippen LogP contribution in [-0.2, 0) is 6.42 Å². The van der Waals surface area contributed by atoms with Crippen LogP contribution in [0.5, 0.6) is 0 Å². The Labute approximate surface area is 88.3 Å². The summed E-state index contributed by atoms with van der Waals surface area (Å²) in [5.74, 6) is 1.50. The summed E-state index contributed by atoms with van der Waals surface area (Å²) in [4.78, 5) is 20.5. The van der Waals surface area contributed by atoms with E-state index in [9.17, 15) is 4.79 Å². The lowest BCUT2D eigenvalue weighted by molar-refractivity contribution is 0.451. The molecule has 0 bridgehead atoms. The molecule has 0 radical (unpaired) electrons. The zero-order valence-electron chi connectivity index (χ0n) is 8.86. The zero-order chi connectivity index (χ0) is 10.8. The second kappa shape index (κ2) is 4.02. The molecule has 1 unspecified atom stereocenters. The van der Waals surface area contributed by atoms with E-state index in [0.29, 0.717) is 12.6 Å². The van der Waals surface area contributed by atoms with Crippen LogP contribution in [0.3, 0.4) is 0 Å². The number of nitrogens with one attached hydrogen (secondary N) is 1. The van der Waals surface area contributed by atoms with E-state index in [0.717, 1.165) is 31.0 Å². The van der Waals surface area contributed by atoms with E-state index in [4.69, 9.17) is 5.73 Å². The molecule has 1 aliphatic rings. The van der Waals surface area contributed by atoms with Gasteiger partial charge in [-0.1, -0.05) is 6.92 Å². The van der Waals surface area contributed by atoms with Gasteiger partial charge in [0.2, 0.25) is 0 Å². The van der Waals surface area contributed by atoms with Gasteiger partial charge in [-0.3, -0.25) is 4.79 Å². The Morgan fingerprint density at radius 3 is 3.07 bits per heavy atom. The third-order valence-corrected chi connectivity index (χ3v) is 2.82. The van der Waals surface area contributed by atoms with Crippen molar-refractivity contribution in [2.75, 3.05) is 18.0 Å². The van der Waals surface area contributed by atoms with Gasteiger partial charge in [0.1, 0.15) is 11.6 Å². The Hall–Kier alpha value is -1.36. The molecule has 0 spiro atoms. The van der Waals surface area contributed by atoms with Gasteiger partial charge in [0, 0.05) is 31.6 Å². The van der Waals surface area contributed by atoms with Crippen molar-refractivity contribution in [2.24, 2.45) is 5.73 Å². The fourth-order valence-electron chi connectivity index (χ4n) is 1.80. The summed E-state index contributed by atoms with van der Waals surface area (Å²) in [7, 11) is 0. The molecule has 1 fully saturated rings. The highest BCUT2D eigenvalue weighted by atomic mass is 16.1. The molecular weight excluding hydrogens is 192 g/mol. The summed E-state index contributed by atoms with van der Waals surface area (Å²) in [6.45, 7) is 3.54. The quantitative estimate of drug-likeness (QED) is 0.725. The SMILES string of the molecule is CCc1nc(N2CCC2CN)cc(=O)[nH]1. The molecule has 2 rings (SSSR count). The van der Waals surface area contributed by atoms with Gasteiger partial charge in [0.05, 0.1) is 0 Å². The molecule has 15 heavy (non-hydrogen) atoms. The normalized spacial score (nSPS) is 20.1. The minimum Gasteiger partial charge on any atom is -0.352 e. The molecule has 0 aliphatic carbocycles. The van der Waals surface area contributed by atoms with Crippen LogP contribution in [0.25, 0.3) is 0 Å². The van der Waals surface area contributed by atoms with E-state index >= 15 is 0 Å². The van der Waals surface area contributed by atoms with Crippen molar-refractivity contribution >= 4 is 5.82 Å². The number of H-pyrrole nitrogens is 1. The Morgan fingerprint density at radius 1 is 1.73 bits per heavy atom. The Balaban J connectivity index is 2.28. The van der Waals surface area contributed by atoms with E-state index in [2.05, 4.69) is 14.9 Å². The monoisotopic (exact) mass is 208 g/mol. The smallest absolute Gasteiger partial charge is 0.252 e. The maximum Gasteiger partial charge on any atom is 0.252 e. The number of nitrogens with zero attached hydrogens (tertiary/aromatic N) is 2. The summed E-state index contributed by atoms with van der Waals surface area (Å²) >= 11 is 0. The number of aromatic amines is 1. The van der Waals surface area contributed by atoms with Gasteiger partial charge >= 0.3 is 0 Å². The first-order valence-corrected chi connectivity index (χ1v) is 5.31. The number of anilines is 1. The zero-order valence-corrected chi connectivity index (χ0v) is 8.86. The number of aromatic nitrogens is 2. The molecule has 0 amide bonds. The van der Waals surface area contributed by atoms with Crippen molar-refractivity contribution < 1.29 is 0 Å². The molecule has 0 aromatic carbocycles. The number of aryl methyl sites for hydroxylation is 1. The molecule has 1 atom stereocenters. The van der Waals surface area contributed by atoms with Crippen LogP contribution in [-0.4, -0.2) is 29.1 Å². The van der Waals surface area contributed by atoms with E-state index in [1.807, 2.05) is 6.92 Å². The van der Waals surface area contributed by atoms with Crippen LogP contribution in [0.2, 0.25) is 0 Å². The lowest BCUT2D eigenvalue weighted by atomic mass is 10.0. The number of nitrogens with two attached hydrogens (primary N) is 1. The van der Waals surface area contributed by atoms with Crippen LogP contribution < -0.4 is 16.2 Å². The highest BCUT2D eigenvalue weighted by Crippen LogP contribution is 2.22. The van der Waals surface area contributed by atoms with E-state index in [1.54, 1.807) is 6.07 Å². The summed E-state index contributed by atoms with van der Waals surface area (Å²) in [6, 6.07) is 1.89. The van der Waals surface area contributed by atoms with E-state index in [1.165, 1.54) is 0 Å². The topological polar surface area (TPSA) is 75.0 Å². The van der Waals surface area contributed by atoms with Gasteiger partial charge in [0.25, 0.3) is 5.56 Å². The molecular formula is C10H16N4O. The highest BCUT2D eigenvalue weighted by molar-refractivity contribution is 5.42. The van der Waals surface area contributed by atoms with Gasteiger partial charge in [-0.25, -0.2) is 4.98 Å². The Kier molecular flexibility index (Phi) is 2.73. The fraction of sp³-hybridized carbons (Fsp3) is 0.600.